The Balaban J connectivity index is 1.81. The zero-order valence-electron chi connectivity index (χ0n) is 12.3. The number of hydrogen-bond acceptors (Lipinski definition) is 4. The minimum absolute atomic E-state index is 0.0251. The molecule has 110 valence electrons. The molecule has 6 nitrogen and oxygen atoms in total. The number of rotatable bonds is 2. The lowest BCUT2D eigenvalue weighted by molar-refractivity contribution is 0.175. The van der Waals surface area contributed by atoms with Crippen molar-refractivity contribution in [3.05, 3.63) is 24.0 Å². The highest BCUT2D eigenvalue weighted by molar-refractivity contribution is 5.78. The maximum absolute atomic E-state index is 12.1. The largest absolute Gasteiger partial charge is 0.368 e. The van der Waals surface area contributed by atoms with Gasteiger partial charge in [-0.1, -0.05) is 0 Å². The number of carbonyl (C=O) groups excluding carboxylic acids is 1. The number of piperidine rings is 1. The van der Waals surface area contributed by atoms with Gasteiger partial charge in [-0.25, -0.2) is 4.79 Å². The maximum Gasteiger partial charge on any atom is 0.318 e. The van der Waals surface area contributed by atoms with Crippen molar-refractivity contribution in [2.45, 2.75) is 38.4 Å². The van der Waals surface area contributed by atoms with Gasteiger partial charge in [-0.3, -0.25) is 4.98 Å². The van der Waals surface area contributed by atoms with Gasteiger partial charge in [0.15, 0.2) is 0 Å². The van der Waals surface area contributed by atoms with Gasteiger partial charge in [0.1, 0.15) is 6.07 Å². The Labute approximate surface area is 124 Å². The molecule has 2 atom stereocenters. The number of nitriles is 1. The van der Waals surface area contributed by atoms with Crippen LogP contribution in [0.25, 0.3) is 0 Å². The first-order chi connectivity index (χ1) is 10.1. The van der Waals surface area contributed by atoms with Crippen molar-refractivity contribution in [1.82, 2.24) is 15.2 Å². The van der Waals surface area contributed by atoms with Crippen LogP contribution in [0.4, 0.5) is 10.5 Å². The zero-order chi connectivity index (χ0) is 15.0. The van der Waals surface area contributed by atoms with Crippen LogP contribution in [0, 0.1) is 11.3 Å². The van der Waals surface area contributed by atoms with Crippen LogP contribution < -0.4 is 10.2 Å². The summed E-state index contributed by atoms with van der Waals surface area (Å²) < 4.78 is 0. The van der Waals surface area contributed by atoms with Gasteiger partial charge >= 0.3 is 6.03 Å². The van der Waals surface area contributed by atoms with E-state index in [4.69, 9.17) is 0 Å². The summed E-state index contributed by atoms with van der Waals surface area (Å²) in [7, 11) is 0. The Kier molecular flexibility index (Phi) is 3.42. The first-order valence-electron chi connectivity index (χ1n) is 7.29. The predicted molar refractivity (Wildman–Crippen MR) is 78.9 cm³/mol. The molecule has 0 saturated carbocycles. The van der Waals surface area contributed by atoms with Crippen LogP contribution in [0.3, 0.4) is 0 Å². The topological polar surface area (TPSA) is 72.3 Å². The van der Waals surface area contributed by atoms with Crippen LogP contribution in [0.2, 0.25) is 0 Å². The summed E-state index contributed by atoms with van der Waals surface area (Å²) in [5.74, 6) is 0. The third-order valence-electron chi connectivity index (χ3n) is 4.29. The van der Waals surface area contributed by atoms with Crippen LogP contribution in [-0.2, 0) is 0 Å². The summed E-state index contributed by atoms with van der Waals surface area (Å²) in [5.41, 5.74) is 1.49. The molecule has 21 heavy (non-hydrogen) atoms. The molecule has 2 aliphatic rings. The molecule has 0 spiro atoms. The Morgan fingerprint density at radius 2 is 2.33 bits per heavy atom. The molecule has 2 amide bonds. The van der Waals surface area contributed by atoms with Crippen molar-refractivity contribution < 1.29 is 4.79 Å². The molecule has 1 N–H and O–H groups in total. The van der Waals surface area contributed by atoms with E-state index in [9.17, 15) is 10.1 Å². The van der Waals surface area contributed by atoms with Gasteiger partial charge in [-0.15, -0.1) is 0 Å². The fourth-order valence-corrected chi connectivity index (χ4v) is 3.38. The normalized spacial score (nSPS) is 24.8. The van der Waals surface area contributed by atoms with Crippen molar-refractivity contribution in [3.8, 4) is 6.07 Å². The summed E-state index contributed by atoms with van der Waals surface area (Å²) in [6.45, 7) is 5.67. The van der Waals surface area contributed by atoms with Gasteiger partial charge in [0, 0.05) is 31.5 Å². The van der Waals surface area contributed by atoms with Crippen molar-refractivity contribution in [2.75, 3.05) is 18.0 Å². The van der Waals surface area contributed by atoms with E-state index < -0.39 is 0 Å². The number of carbonyl (C=O) groups is 1. The average molecular weight is 285 g/mol. The predicted octanol–water partition coefficient (Wildman–Crippen LogP) is 1.33. The van der Waals surface area contributed by atoms with E-state index in [1.165, 1.54) is 0 Å². The summed E-state index contributed by atoms with van der Waals surface area (Å²) in [6.07, 6.45) is 4.21. The molecule has 2 saturated heterocycles. The van der Waals surface area contributed by atoms with Gasteiger partial charge in [0.25, 0.3) is 0 Å². The van der Waals surface area contributed by atoms with E-state index in [0.29, 0.717) is 5.56 Å². The third kappa shape index (κ3) is 2.29. The molecule has 1 aromatic rings. The number of nitrogens with zero attached hydrogens (tertiary/aromatic N) is 4. The summed E-state index contributed by atoms with van der Waals surface area (Å²) >= 11 is 0. The molecule has 0 bridgehead atoms. The summed E-state index contributed by atoms with van der Waals surface area (Å²) in [5, 5.41) is 12.3. The first kappa shape index (κ1) is 13.7. The highest BCUT2D eigenvalue weighted by Crippen LogP contribution is 2.29. The SMILES string of the molecule is CC(C)N1C(=O)N[C@@H]2CN(c3ccncc3C#N)CC[C@@H]21. The van der Waals surface area contributed by atoms with E-state index in [1.54, 1.807) is 12.4 Å². The van der Waals surface area contributed by atoms with Crippen LogP contribution in [0.1, 0.15) is 25.8 Å². The molecule has 2 fully saturated rings. The monoisotopic (exact) mass is 285 g/mol. The number of hydrogen-bond donors (Lipinski definition) is 1. The third-order valence-corrected chi connectivity index (χ3v) is 4.29. The Morgan fingerprint density at radius 3 is 3.05 bits per heavy atom. The smallest absolute Gasteiger partial charge is 0.318 e. The molecule has 3 rings (SSSR count). The standard InChI is InChI=1S/C15H19N5O/c1-10(2)20-14-4-6-19(9-12(14)18-15(20)21)13-3-5-17-8-11(13)7-16/h3,5,8,10,12,14H,4,6,9H2,1-2H3,(H,18,21)/t12-,14+/m1/s1. The van der Waals surface area contributed by atoms with Crippen LogP contribution >= 0.6 is 0 Å². The molecule has 2 aliphatic heterocycles. The van der Waals surface area contributed by atoms with Crippen LogP contribution in [0.15, 0.2) is 18.5 Å². The second-order valence-corrected chi connectivity index (χ2v) is 5.86. The lowest BCUT2D eigenvalue weighted by Crippen LogP contribution is -2.52. The Hall–Kier alpha value is -2.29. The molecular weight excluding hydrogens is 266 g/mol. The molecule has 6 heteroatoms. The van der Waals surface area contributed by atoms with E-state index in [1.807, 2.05) is 24.8 Å². The number of amides is 2. The number of fused-ring (bicyclic) bond motifs is 1. The molecule has 0 aromatic carbocycles. The van der Waals surface area contributed by atoms with Gasteiger partial charge in [-0.05, 0) is 26.3 Å². The molecule has 0 unspecified atom stereocenters. The maximum atomic E-state index is 12.1. The number of aromatic nitrogens is 1. The second-order valence-electron chi connectivity index (χ2n) is 5.86. The minimum Gasteiger partial charge on any atom is -0.368 e. The molecular formula is C15H19N5O. The highest BCUT2D eigenvalue weighted by Gasteiger charge is 2.43. The van der Waals surface area contributed by atoms with Crippen LogP contribution in [0.5, 0.6) is 0 Å². The van der Waals surface area contributed by atoms with Gasteiger partial charge in [-0.2, -0.15) is 5.26 Å². The fraction of sp³-hybridized carbons (Fsp3) is 0.533. The van der Waals surface area contributed by atoms with Crippen molar-refractivity contribution >= 4 is 11.7 Å². The number of nitrogens with one attached hydrogen (secondary N) is 1. The van der Waals surface area contributed by atoms with Crippen LogP contribution in [-0.4, -0.2) is 47.1 Å². The van der Waals surface area contributed by atoms with Crippen molar-refractivity contribution in [2.24, 2.45) is 0 Å². The molecule has 0 aliphatic carbocycles. The average Bonchev–Trinajstić information content (AvgIpc) is 2.82. The number of anilines is 1. The highest BCUT2D eigenvalue weighted by atomic mass is 16.2. The van der Waals surface area contributed by atoms with E-state index in [2.05, 4.69) is 21.3 Å². The lowest BCUT2D eigenvalue weighted by Gasteiger charge is -2.39. The van der Waals surface area contributed by atoms with E-state index in [-0.39, 0.29) is 24.2 Å². The molecule has 0 radical (unpaired) electrons. The Morgan fingerprint density at radius 1 is 1.52 bits per heavy atom. The summed E-state index contributed by atoms with van der Waals surface area (Å²) in [6, 6.07) is 4.66. The Bertz CT molecular complexity index is 594. The van der Waals surface area contributed by atoms with Crippen molar-refractivity contribution in [1.29, 1.82) is 5.26 Å². The van der Waals surface area contributed by atoms with Crippen molar-refractivity contribution in [3.63, 3.8) is 0 Å². The number of pyridine rings is 1. The first-order valence-corrected chi connectivity index (χ1v) is 7.29. The molecule has 3 heterocycles. The van der Waals surface area contributed by atoms with Gasteiger partial charge in [0.05, 0.1) is 23.3 Å². The summed E-state index contributed by atoms with van der Waals surface area (Å²) in [4.78, 5) is 20.2. The number of urea groups is 1. The lowest BCUT2D eigenvalue weighted by atomic mass is 9.98. The molecule has 1 aromatic heterocycles. The second kappa shape index (κ2) is 5.24. The minimum atomic E-state index is 0.0251. The zero-order valence-corrected chi connectivity index (χ0v) is 12.3. The van der Waals surface area contributed by atoms with Gasteiger partial charge < -0.3 is 15.1 Å². The van der Waals surface area contributed by atoms with E-state index in [0.717, 1.165) is 25.2 Å². The quantitative estimate of drug-likeness (QED) is 0.890. The van der Waals surface area contributed by atoms with E-state index >= 15 is 0 Å². The van der Waals surface area contributed by atoms with Gasteiger partial charge in [0.2, 0.25) is 0 Å². The fourth-order valence-electron chi connectivity index (χ4n) is 3.38.